The number of aryl methyl sites for hydroxylation is 2. The lowest BCUT2D eigenvalue weighted by Crippen LogP contribution is -2.17. The largest absolute Gasteiger partial charge is 0.573 e. The Balaban J connectivity index is 1.95. The SMILES string of the molecule is Cc1cc(Oc2ncccc2OC(F)(F)F)ccc1-c1c(C)n[nH]c(=O)c1C. The molecule has 0 saturated heterocycles. The number of halogens is 3. The summed E-state index contributed by atoms with van der Waals surface area (Å²) in [4.78, 5) is 15.7. The molecule has 0 aliphatic rings. The fourth-order valence-electron chi connectivity index (χ4n) is 2.80. The lowest BCUT2D eigenvalue weighted by Gasteiger charge is -2.15. The first-order valence-electron chi connectivity index (χ1n) is 8.21. The molecule has 1 aromatic carbocycles. The first kappa shape index (κ1) is 19.4. The summed E-state index contributed by atoms with van der Waals surface area (Å²) in [5.41, 5.74) is 3.11. The molecule has 9 heteroatoms. The average Bonchev–Trinajstić information content (AvgIpc) is 2.61. The highest BCUT2D eigenvalue weighted by Crippen LogP contribution is 2.35. The van der Waals surface area contributed by atoms with Crippen LogP contribution in [-0.4, -0.2) is 21.5 Å². The number of pyridine rings is 1. The van der Waals surface area contributed by atoms with Crippen molar-refractivity contribution in [2.24, 2.45) is 0 Å². The van der Waals surface area contributed by atoms with Crippen molar-refractivity contribution >= 4 is 0 Å². The van der Waals surface area contributed by atoms with Gasteiger partial charge in [-0.1, -0.05) is 6.07 Å². The molecule has 0 saturated carbocycles. The van der Waals surface area contributed by atoms with E-state index in [0.29, 0.717) is 16.8 Å². The molecule has 0 unspecified atom stereocenters. The summed E-state index contributed by atoms with van der Waals surface area (Å²) >= 11 is 0. The van der Waals surface area contributed by atoms with Gasteiger partial charge in [0.05, 0.1) is 5.69 Å². The number of rotatable bonds is 4. The van der Waals surface area contributed by atoms with Crippen molar-refractivity contribution in [2.45, 2.75) is 27.1 Å². The van der Waals surface area contributed by atoms with Gasteiger partial charge in [-0.15, -0.1) is 13.2 Å². The number of aromatic amines is 1. The smallest absolute Gasteiger partial charge is 0.436 e. The number of aromatic nitrogens is 3. The van der Waals surface area contributed by atoms with Crippen LogP contribution in [0.2, 0.25) is 0 Å². The number of H-pyrrole nitrogens is 1. The molecule has 3 rings (SSSR count). The van der Waals surface area contributed by atoms with Crippen molar-refractivity contribution in [3.63, 3.8) is 0 Å². The fraction of sp³-hybridized carbons (Fsp3) is 0.211. The van der Waals surface area contributed by atoms with E-state index in [1.165, 1.54) is 12.3 Å². The summed E-state index contributed by atoms with van der Waals surface area (Å²) < 4.78 is 47.0. The maximum absolute atomic E-state index is 12.5. The Hall–Kier alpha value is -3.36. The first-order valence-corrected chi connectivity index (χ1v) is 8.21. The molecular formula is C19H16F3N3O3. The molecule has 146 valence electrons. The van der Waals surface area contributed by atoms with E-state index in [0.717, 1.165) is 17.2 Å². The Morgan fingerprint density at radius 3 is 2.54 bits per heavy atom. The van der Waals surface area contributed by atoms with Crippen molar-refractivity contribution in [1.82, 2.24) is 15.2 Å². The molecule has 0 aliphatic heterocycles. The highest BCUT2D eigenvalue weighted by molar-refractivity contribution is 5.72. The molecule has 0 atom stereocenters. The Bertz CT molecular complexity index is 1080. The van der Waals surface area contributed by atoms with E-state index in [-0.39, 0.29) is 17.2 Å². The van der Waals surface area contributed by atoms with Crippen molar-refractivity contribution in [2.75, 3.05) is 0 Å². The minimum atomic E-state index is -4.86. The van der Waals surface area contributed by atoms with Crippen LogP contribution in [0.15, 0.2) is 41.3 Å². The lowest BCUT2D eigenvalue weighted by atomic mass is 9.96. The Kier molecular flexibility index (Phi) is 5.08. The van der Waals surface area contributed by atoms with E-state index in [4.69, 9.17) is 4.74 Å². The lowest BCUT2D eigenvalue weighted by molar-refractivity contribution is -0.275. The van der Waals surface area contributed by atoms with Gasteiger partial charge < -0.3 is 9.47 Å². The minimum Gasteiger partial charge on any atom is -0.436 e. The summed E-state index contributed by atoms with van der Waals surface area (Å²) in [5.74, 6) is -0.570. The zero-order valence-electron chi connectivity index (χ0n) is 15.2. The van der Waals surface area contributed by atoms with Crippen LogP contribution in [0.3, 0.4) is 0 Å². The second-order valence-corrected chi connectivity index (χ2v) is 6.07. The van der Waals surface area contributed by atoms with Gasteiger partial charge in [0.2, 0.25) is 0 Å². The van der Waals surface area contributed by atoms with E-state index in [1.807, 2.05) is 0 Å². The van der Waals surface area contributed by atoms with Crippen LogP contribution in [0.5, 0.6) is 17.4 Å². The van der Waals surface area contributed by atoms with E-state index in [1.54, 1.807) is 39.0 Å². The summed E-state index contributed by atoms with van der Waals surface area (Å²) in [6, 6.07) is 7.36. The molecule has 0 aliphatic carbocycles. The topological polar surface area (TPSA) is 77.1 Å². The first-order chi connectivity index (χ1) is 13.2. The zero-order chi connectivity index (χ0) is 20.5. The molecule has 3 aromatic rings. The van der Waals surface area contributed by atoms with E-state index in [9.17, 15) is 18.0 Å². The van der Waals surface area contributed by atoms with E-state index < -0.39 is 12.1 Å². The highest BCUT2D eigenvalue weighted by atomic mass is 19.4. The monoisotopic (exact) mass is 391 g/mol. The van der Waals surface area contributed by atoms with E-state index in [2.05, 4.69) is 19.9 Å². The Morgan fingerprint density at radius 2 is 1.86 bits per heavy atom. The molecule has 2 heterocycles. The van der Waals surface area contributed by atoms with Crippen molar-refractivity contribution < 1.29 is 22.6 Å². The number of benzene rings is 1. The van der Waals surface area contributed by atoms with Crippen LogP contribution >= 0.6 is 0 Å². The maximum Gasteiger partial charge on any atom is 0.573 e. The molecule has 0 bridgehead atoms. The molecule has 28 heavy (non-hydrogen) atoms. The maximum atomic E-state index is 12.5. The number of alkyl halides is 3. The quantitative estimate of drug-likeness (QED) is 0.711. The molecule has 1 N–H and O–H groups in total. The van der Waals surface area contributed by atoms with Gasteiger partial charge in [-0.05, 0) is 56.2 Å². The summed E-state index contributed by atoms with van der Waals surface area (Å²) in [5, 5.41) is 6.41. The predicted molar refractivity (Wildman–Crippen MR) is 95.5 cm³/mol. The second kappa shape index (κ2) is 7.34. The summed E-state index contributed by atoms with van der Waals surface area (Å²) in [7, 11) is 0. The highest BCUT2D eigenvalue weighted by Gasteiger charge is 2.33. The number of nitrogens with one attached hydrogen (secondary N) is 1. The van der Waals surface area contributed by atoms with Crippen molar-refractivity contribution in [3.05, 3.63) is 63.7 Å². The molecule has 0 spiro atoms. The summed E-state index contributed by atoms with van der Waals surface area (Å²) in [6.45, 7) is 5.27. The normalized spacial score (nSPS) is 11.4. The third-order valence-corrected chi connectivity index (χ3v) is 4.05. The number of hydrogen-bond acceptors (Lipinski definition) is 5. The van der Waals surface area contributed by atoms with Gasteiger partial charge in [0.15, 0.2) is 5.75 Å². The predicted octanol–water partition coefficient (Wildman–Crippen LogP) is 4.45. The third-order valence-electron chi connectivity index (χ3n) is 4.05. The molecule has 0 radical (unpaired) electrons. The fourth-order valence-corrected chi connectivity index (χ4v) is 2.80. The number of hydrogen-bond donors (Lipinski definition) is 1. The van der Waals surface area contributed by atoms with Crippen LogP contribution in [0, 0.1) is 20.8 Å². The van der Waals surface area contributed by atoms with Crippen LogP contribution < -0.4 is 15.0 Å². The average molecular weight is 391 g/mol. The Morgan fingerprint density at radius 1 is 1.11 bits per heavy atom. The molecular weight excluding hydrogens is 375 g/mol. The standard InChI is InChI=1S/C19H16F3N3O3/c1-10-9-13(27-18-15(5-4-8-23-18)28-19(20,21)22)6-7-14(10)16-11(2)17(26)25-24-12(16)3/h4-9H,1-3H3,(H,25,26). The van der Waals surface area contributed by atoms with Gasteiger partial charge in [-0.25, -0.2) is 10.1 Å². The van der Waals surface area contributed by atoms with Crippen molar-refractivity contribution in [3.8, 4) is 28.5 Å². The van der Waals surface area contributed by atoms with Gasteiger partial charge in [-0.2, -0.15) is 5.10 Å². The van der Waals surface area contributed by atoms with Crippen LogP contribution in [0.4, 0.5) is 13.2 Å². The second-order valence-electron chi connectivity index (χ2n) is 6.07. The van der Waals surface area contributed by atoms with Crippen molar-refractivity contribution in [1.29, 1.82) is 0 Å². The summed E-state index contributed by atoms with van der Waals surface area (Å²) in [6.07, 6.45) is -3.56. The zero-order valence-corrected chi connectivity index (χ0v) is 15.2. The van der Waals surface area contributed by atoms with Gasteiger partial charge in [0.25, 0.3) is 11.4 Å². The number of ether oxygens (including phenoxy) is 2. The van der Waals surface area contributed by atoms with Crippen LogP contribution in [-0.2, 0) is 0 Å². The van der Waals surface area contributed by atoms with Crippen LogP contribution in [0.1, 0.15) is 16.8 Å². The number of nitrogens with zero attached hydrogens (tertiary/aromatic N) is 2. The van der Waals surface area contributed by atoms with Gasteiger partial charge in [-0.3, -0.25) is 4.79 Å². The van der Waals surface area contributed by atoms with Crippen LogP contribution in [0.25, 0.3) is 11.1 Å². The minimum absolute atomic E-state index is 0.278. The molecule has 0 amide bonds. The molecule has 6 nitrogen and oxygen atoms in total. The van der Waals surface area contributed by atoms with E-state index >= 15 is 0 Å². The third kappa shape index (κ3) is 4.13. The molecule has 2 aromatic heterocycles. The van der Waals surface area contributed by atoms with Gasteiger partial charge >= 0.3 is 6.36 Å². The van der Waals surface area contributed by atoms with Gasteiger partial charge in [0, 0.05) is 17.3 Å². The van der Waals surface area contributed by atoms with Gasteiger partial charge in [0.1, 0.15) is 5.75 Å². The molecule has 0 fully saturated rings. The Labute approximate surface area is 158 Å².